The molecule has 1 saturated carbocycles. The van der Waals surface area contributed by atoms with E-state index in [0.29, 0.717) is 23.2 Å². The number of amides is 2. The number of ether oxygens (including phenoxy) is 2. The average molecular weight is 404 g/mol. The van der Waals surface area contributed by atoms with E-state index in [1.807, 2.05) is 19.1 Å². The van der Waals surface area contributed by atoms with Gasteiger partial charge in [-0.05, 0) is 31.4 Å². The molecule has 0 bridgehead atoms. The van der Waals surface area contributed by atoms with Crippen molar-refractivity contribution in [1.29, 1.82) is 0 Å². The largest absolute Gasteiger partial charge is 0.493 e. The first-order valence-electron chi connectivity index (χ1n) is 9.28. The van der Waals surface area contributed by atoms with Gasteiger partial charge in [0.25, 0.3) is 5.91 Å². The third kappa shape index (κ3) is 5.41. The van der Waals surface area contributed by atoms with Crippen molar-refractivity contribution in [3.8, 4) is 11.5 Å². The zero-order chi connectivity index (χ0) is 19.9. The second-order valence-electron chi connectivity index (χ2n) is 6.41. The Labute approximate surface area is 167 Å². The summed E-state index contributed by atoms with van der Waals surface area (Å²) in [6, 6.07) is 7.38. The molecule has 9 heteroatoms. The number of carbonyl (C=O) groups excluding carboxylic acids is 2. The SMILES string of the molecule is CCc1nnc(NC(=O)CCN(C(=O)COc2ccccc2OC)C2CC2)s1. The fraction of sp³-hybridized carbons (Fsp3) is 0.474. The zero-order valence-electron chi connectivity index (χ0n) is 16.0. The van der Waals surface area contributed by atoms with Crippen molar-refractivity contribution in [3.05, 3.63) is 29.3 Å². The highest BCUT2D eigenvalue weighted by atomic mass is 32.1. The molecule has 1 fully saturated rings. The standard InChI is InChI=1S/C19H24N4O4S/c1-3-17-21-22-19(28-17)20-16(24)10-11-23(13-8-9-13)18(25)12-27-15-7-5-4-6-14(15)26-2/h4-7,13H,3,8-12H2,1-2H3,(H,20,22,24). The average Bonchev–Trinajstić information content (AvgIpc) is 3.45. The molecule has 1 heterocycles. The van der Waals surface area contributed by atoms with Gasteiger partial charge in [0.2, 0.25) is 11.0 Å². The molecule has 0 saturated heterocycles. The number of nitrogens with zero attached hydrogens (tertiary/aromatic N) is 3. The van der Waals surface area contributed by atoms with Crippen molar-refractivity contribution in [2.24, 2.45) is 0 Å². The normalized spacial score (nSPS) is 13.1. The van der Waals surface area contributed by atoms with Crippen LogP contribution in [0.3, 0.4) is 0 Å². The summed E-state index contributed by atoms with van der Waals surface area (Å²) in [5.41, 5.74) is 0. The molecule has 150 valence electrons. The topological polar surface area (TPSA) is 93.7 Å². The quantitative estimate of drug-likeness (QED) is 0.654. The van der Waals surface area contributed by atoms with Crippen LogP contribution in [0.1, 0.15) is 31.2 Å². The second kappa shape index (κ2) is 9.50. The minimum Gasteiger partial charge on any atom is -0.493 e. The molecule has 8 nitrogen and oxygen atoms in total. The van der Waals surface area contributed by atoms with E-state index < -0.39 is 0 Å². The highest BCUT2D eigenvalue weighted by Crippen LogP contribution is 2.29. The van der Waals surface area contributed by atoms with Crippen LogP contribution in [0.25, 0.3) is 0 Å². The number of rotatable bonds is 10. The van der Waals surface area contributed by atoms with E-state index >= 15 is 0 Å². The number of nitrogens with one attached hydrogen (secondary N) is 1. The number of para-hydroxylation sites is 2. The van der Waals surface area contributed by atoms with Gasteiger partial charge in [0.1, 0.15) is 5.01 Å². The number of methoxy groups -OCH3 is 1. The highest BCUT2D eigenvalue weighted by Gasteiger charge is 2.33. The van der Waals surface area contributed by atoms with E-state index in [2.05, 4.69) is 15.5 Å². The number of anilines is 1. The maximum absolute atomic E-state index is 12.6. The number of carbonyl (C=O) groups is 2. The summed E-state index contributed by atoms with van der Waals surface area (Å²) in [4.78, 5) is 26.5. The molecule has 2 amide bonds. The van der Waals surface area contributed by atoms with Gasteiger partial charge in [-0.15, -0.1) is 10.2 Å². The molecular weight excluding hydrogens is 380 g/mol. The van der Waals surface area contributed by atoms with E-state index in [-0.39, 0.29) is 30.9 Å². The van der Waals surface area contributed by atoms with E-state index in [1.54, 1.807) is 24.1 Å². The lowest BCUT2D eigenvalue weighted by Gasteiger charge is -2.22. The molecule has 28 heavy (non-hydrogen) atoms. The molecule has 0 unspecified atom stereocenters. The van der Waals surface area contributed by atoms with Crippen molar-refractivity contribution in [1.82, 2.24) is 15.1 Å². The Morgan fingerprint density at radius 3 is 2.64 bits per heavy atom. The van der Waals surface area contributed by atoms with Gasteiger partial charge in [-0.1, -0.05) is 30.4 Å². The first-order chi connectivity index (χ1) is 13.6. The molecule has 1 aromatic heterocycles. The Morgan fingerprint density at radius 2 is 2.00 bits per heavy atom. The maximum atomic E-state index is 12.6. The number of hydrogen-bond donors (Lipinski definition) is 1. The lowest BCUT2D eigenvalue weighted by molar-refractivity contribution is -0.134. The van der Waals surface area contributed by atoms with Gasteiger partial charge in [0.15, 0.2) is 18.1 Å². The van der Waals surface area contributed by atoms with Gasteiger partial charge in [-0.25, -0.2) is 0 Å². The van der Waals surface area contributed by atoms with Crippen LogP contribution in [0.15, 0.2) is 24.3 Å². The van der Waals surface area contributed by atoms with Gasteiger partial charge >= 0.3 is 0 Å². The Balaban J connectivity index is 1.50. The van der Waals surface area contributed by atoms with Gasteiger partial charge < -0.3 is 19.7 Å². The van der Waals surface area contributed by atoms with Crippen LogP contribution >= 0.6 is 11.3 Å². The molecule has 0 radical (unpaired) electrons. The van der Waals surface area contributed by atoms with Gasteiger partial charge in [0.05, 0.1) is 7.11 Å². The number of benzene rings is 1. The Morgan fingerprint density at radius 1 is 1.25 bits per heavy atom. The Kier molecular flexibility index (Phi) is 6.80. The van der Waals surface area contributed by atoms with E-state index in [1.165, 1.54) is 11.3 Å². The van der Waals surface area contributed by atoms with Crippen LogP contribution in [0.4, 0.5) is 5.13 Å². The lowest BCUT2D eigenvalue weighted by atomic mass is 10.3. The molecule has 0 aliphatic heterocycles. The Hall–Kier alpha value is -2.68. The zero-order valence-corrected chi connectivity index (χ0v) is 16.8. The van der Waals surface area contributed by atoms with Crippen LogP contribution in [-0.4, -0.2) is 53.2 Å². The van der Waals surface area contributed by atoms with Crippen LogP contribution in [-0.2, 0) is 16.0 Å². The molecule has 1 aliphatic carbocycles. The summed E-state index contributed by atoms with van der Waals surface area (Å²) in [5.74, 6) is 0.791. The fourth-order valence-electron chi connectivity index (χ4n) is 2.71. The molecule has 1 aliphatic rings. The highest BCUT2D eigenvalue weighted by molar-refractivity contribution is 7.15. The number of aryl methyl sites for hydroxylation is 1. The predicted octanol–water partition coefficient (Wildman–Crippen LogP) is 2.51. The van der Waals surface area contributed by atoms with E-state index in [9.17, 15) is 9.59 Å². The van der Waals surface area contributed by atoms with Crippen LogP contribution in [0.2, 0.25) is 0 Å². The maximum Gasteiger partial charge on any atom is 0.260 e. The minimum absolute atomic E-state index is 0.0885. The molecule has 0 spiro atoms. The second-order valence-corrected chi connectivity index (χ2v) is 7.47. The van der Waals surface area contributed by atoms with Crippen LogP contribution < -0.4 is 14.8 Å². The Bertz CT molecular complexity index is 822. The summed E-state index contributed by atoms with van der Waals surface area (Å²) in [6.45, 7) is 2.25. The lowest BCUT2D eigenvalue weighted by Crippen LogP contribution is -2.38. The molecular formula is C19H24N4O4S. The number of aromatic nitrogens is 2. The number of hydrogen-bond acceptors (Lipinski definition) is 7. The van der Waals surface area contributed by atoms with Gasteiger partial charge in [-0.2, -0.15) is 0 Å². The predicted molar refractivity (Wildman–Crippen MR) is 106 cm³/mol. The summed E-state index contributed by atoms with van der Waals surface area (Å²) in [7, 11) is 1.56. The third-order valence-electron chi connectivity index (χ3n) is 4.32. The first kappa shape index (κ1) is 20.1. The molecule has 3 rings (SSSR count). The molecule has 1 N–H and O–H groups in total. The van der Waals surface area contributed by atoms with Crippen molar-refractivity contribution in [2.75, 3.05) is 25.6 Å². The van der Waals surface area contributed by atoms with Gasteiger partial charge in [-0.3, -0.25) is 9.59 Å². The first-order valence-corrected chi connectivity index (χ1v) is 10.1. The van der Waals surface area contributed by atoms with Crippen LogP contribution in [0.5, 0.6) is 11.5 Å². The summed E-state index contributed by atoms with van der Waals surface area (Å²) in [6.07, 6.45) is 2.90. The summed E-state index contributed by atoms with van der Waals surface area (Å²) in [5, 5.41) is 12.0. The van der Waals surface area contributed by atoms with Crippen LogP contribution in [0, 0.1) is 0 Å². The molecule has 2 aromatic rings. The van der Waals surface area contributed by atoms with Crippen molar-refractivity contribution in [2.45, 2.75) is 38.6 Å². The summed E-state index contributed by atoms with van der Waals surface area (Å²) >= 11 is 1.36. The smallest absolute Gasteiger partial charge is 0.260 e. The monoisotopic (exact) mass is 404 g/mol. The van der Waals surface area contributed by atoms with E-state index in [0.717, 1.165) is 24.3 Å². The van der Waals surface area contributed by atoms with Crippen molar-refractivity contribution >= 4 is 28.3 Å². The van der Waals surface area contributed by atoms with Crippen molar-refractivity contribution in [3.63, 3.8) is 0 Å². The summed E-state index contributed by atoms with van der Waals surface area (Å²) < 4.78 is 10.9. The minimum atomic E-state index is -0.178. The fourth-order valence-corrected chi connectivity index (χ4v) is 3.40. The van der Waals surface area contributed by atoms with E-state index in [4.69, 9.17) is 9.47 Å². The van der Waals surface area contributed by atoms with Crippen molar-refractivity contribution < 1.29 is 19.1 Å². The molecule has 1 aromatic carbocycles. The molecule has 0 atom stereocenters. The third-order valence-corrected chi connectivity index (χ3v) is 5.31. The van der Waals surface area contributed by atoms with Gasteiger partial charge in [0, 0.05) is 19.0 Å².